The van der Waals surface area contributed by atoms with Crippen molar-refractivity contribution in [3.05, 3.63) is 157 Å². The van der Waals surface area contributed by atoms with Crippen molar-refractivity contribution in [2.45, 2.75) is 13.8 Å². The van der Waals surface area contributed by atoms with E-state index in [4.69, 9.17) is 19.9 Å². The van der Waals surface area contributed by atoms with E-state index in [1.54, 1.807) is 0 Å². The Labute approximate surface area is 299 Å². The molecule has 0 atom stereocenters. The summed E-state index contributed by atoms with van der Waals surface area (Å²) >= 11 is 0. The summed E-state index contributed by atoms with van der Waals surface area (Å²) in [6.45, 7) is 3.88. The fourth-order valence-electron chi connectivity index (χ4n) is 6.22. The molecule has 0 saturated carbocycles. The first-order valence-corrected chi connectivity index (χ1v) is 15.8. The Bertz CT molecular complexity index is 2380. The standard InChI is InChI=1S/C42H30N5O.Pt/c1-27-24-28(2)38(48)36(25-27)41-45-39(31-14-4-3-5-15-31)44-40(46-41)32-17-10-18-33(26-32)47(37-21-11-16-29-12-6-8-19-34(29)37)42-35-20-9-7-13-30(35)22-23-43-42;/h3-25,48H,1-2H3;/q-1;. The number of hydrogen-bond acceptors (Lipinski definition) is 6. The molecule has 0 unspecified atom stereocenters. The van der Waals surface area contributed by atoms with E-state index < -0.39 is 0 Å². The first-order chi connectivity index (χ1) is 23.5. The van der Waals surface area contributed by atoms with Gasteiger partial charge in [0.1, 0.15) is 11.6 Å². The molecule has 0 aliphatic carbocycles. The van der Waals surface area contributed by atoms with Crippen LogP contribution in [0.2, 0.25) is 0 Å². The maximum absolute atomic E-state index is 11.1. The van der Waals surface area contributed by atoms with Gasteiger partial charge in [0.15, 0.2) is 11.6 Å². The largest absolute Gasteiger partial charge is 0.507 e. The zero-order valence-corrected chi connectivity index (χ0v) is 29.1. The van der Waals surface area contributed by atoms with Crippen LogP contribution >= 0.6 is 0 Å². The fourth-order valence-corrected chi connectivity index (χ4v) is 6.22. The molecule has 0 saturated heterocycles. The molecule has 49 heavy (non-hydrogen) atoms. The van der Waals surface area contributed by atoms with Crippen LogP contribution in [0.1, 0.15) is 11.1 Å². The first kappa shape index (κ1) is 31.9. The topological polar surface area (TPSA) is 75.0 Å². The number of phenolic OH excluding ortho intramolecular Hbond substituents is 1. The Morgan fingerprint density at radius 3 is 2.08 bits per heavy atom. The van der Waals surface area contributed by atoms with Gasteiger partial charge in [-0.25, -0.2) is 9.97 Å². The van der Waals surface area contributed by atoms with Crippen LogP contribution < -0.4 is 4.90 Å². The van der Waals surface area contributed by atoms with E-state index in [9.17, 15) is 5.11 Å². The maximum atomic E-state index is 11.1. The van der Waals surface area contributed by atoms with E-state index in [1.807, 2.05) is 98.9 Å². The van der Waals surface area contributed by atoms with E-state index in [0.717, 1.165) is 55.4 Å². The van der Waals surface area contributed by atoms with Crippen LogP contribution in [0, 0.1) is 19.9 Å². The molecule has 6 aromatic carbocycles. The molecule has 2 aromatic heterocycles. The first-order valence-electron chi connectivity index (χ1n) is 15.8. The third kappa shape index (κ3) is 6.08. The number of benzene rings is 6. The van der Waals surface area contributed by atoms with Crippen LogP contribution in [-0.4, -0.2) is 25.0 Å². The third-order valence-electron chi connectivity index (χ3n) is 8.49. The number of nitrogens with zero attached hydrogens (tertiary/aromatic N) is 5. The summed E-state index contributed by atoms with van der Waals surface area (Å²) in [4.78, 5) is 21.8. The van der Waals surface area contributed by atoms with E-state index in [2.05, 4.69) is 65.6 Å². The van der Waals surface area contributed by atoms with Crippen molar-refractivity contribution in [1.29, 1.82) is 0 Å². The van der Waals surface area contributed by atoms with E-state index in [0.29, 0.717) is 28.6 Å². The second-order valence-corrected chi connectivity index (χ2v) is 11.8. The summed E-state index contributed by atoms with van der Waals surface area (Å²) in [5, 5.41) is 15.4. The van der Waals surface area contributed by atoms with E-state index >= 15 is 0 Å². The van der Waals surface area contributed by atoms with Crippen molar-refractivity contribution in [3.63, 3.8) is 0 Å². The molecule has 0 radical (unpaired) electrons. The number of anilines is 3. The van der Waals surface area contributed by atoms with Gasteiger partial charge in [-0.05, 0) is 59.6 Å². The number of rotatable bonds is 6. The van der Waals surface area contributed by atoms with Gasteiger partial charge in [0.05, 0.1) is 17.1 Å². The molecule has 6 nitrogen and oxygen atoms in total. The van der Waals surface area contributed by atoms with Gasteiger partial charge in [0.2, 0.25) is 0 Å². The molecular formula is C42H30N5OPt-. The Morgan fingerprint density at radius 2 is 1.27 bits per heavy atom. The molecule has 7 heteroatoms. The van der Waals surface area contributed by atoms with Crippen LogP contribution in [0.15, 0.2) is 140 Å². The fraction of sp³-hybridized carbons (Fsp3) is 0.0476. The van der Waals surface area contributed by atoms with Crippen molar-refractivity contribution in [1.82, 2.24) is 19.9 Å². The van der Waals surface area contributed by atoms with Gasteiger partial charge in [0, 0.05) is 43.6 Å². The van der Waals surface area contributed by atoms with Crippen molar-refractivity contribution in [3.8, 4) is 39.9 Å². The van der Waals surface area contributed by atoms with Gasteiger partial charge in [-0.3, -0.25) is 9.97 Å². The molecule has 1 N–H and O–H groups in total. The molecular weight excluding hydrogens is 786 g/mol. The molecule has 0 aliphatic heterocycles. The Morgan fingerprint density at radius 1 is 0.612 bits per heavy atom. The molecule has 0 spiro atoms. The normalized spacial score (nSPS) is 11.0. The zero-order valence-electron chi connectivity index (χ0n) is 26.8. The van der Waals surface area contributed by atoms with Crippen molar-refractivity contribution in [2.75, 3.05) is 4.90 Å². The minimum absolute atomic E-state index is 0. The van der Waals surface area contributed by atoms with Gasteiger partial charge >= 0.3 is 0 Å². The molecule has 8 rings (SSSR count). The molecule has 0 bridgehead atoms. The third-order valence-corrected chi connectivity index (χ3v) is 8.49. The second-order valence-electron chi connectivity index (χ2n) is 11.8. The predicted molar refractivity (Wildman–Crippen MR) is 194 cm³/mol. The Balaban J connectivity index is 0.00000378. The van der Waals surface area contributed by atoms with Gasteiger partial charge in [-0.2, -0.15) is 0 Å². The van der Waals surface area contributed by atoms with Crippen LogP contribution in [0.3, 0.4) is 0 Å². The molecule has 8 aromatic rings. The number of aryl methyl sites for hydroxylation is 2. The summed E-state index contributed by atoms with van der Waals surface area (Å²) in [5.41, 5.74) is 5.61. The Hall–Kier alpha value is -5.71. The molecule has 0 amide bonds. The van der Waals surface area contributed by atoms with Crippen LogP contribution in [0.4, 0.5) is 17.2 Å². The van der Waals surface area contributed by atoms with Gasteiger partial charge < -0.3 is 10.0 Å². The summed E-state index contributed by atoms with van der Waals surface area (Å²) in [5.74, 6) is 2.29. The molecule has 240 valence electrons. The molecule has 0 fully saturated rings. The summed E-state index contributed by atoms with van der Waals surface area (Å²) in [6, 6.07) is 48.3. The monoisotopic (exact) mass is 815 g/mol. The number of aromatic nitrogens is 4. The van der Waals surface area contributed by atoms with Gasteiger partial charge in [-0.1, -0.05) is 97.1 Å². The van der Waals surface area contributed by atoms with Crippen molar-refractivity contribution < 1.29 is 26.2 Å². The zero-order chi connectivity index (χ0) is 32.6. The number of aromatic hydroxyl groups is 1. The van der Waals surface area contributed by atoms with E-state index in [-0.39, 0.29) is 26.8 Å². The summed E-state index contributed by atoms with van der Waals surface area (Å²) in [7, 11) is 0. The quantitative estimate of drug-likeness (QED) is 0.169. The van der Waals surface area contributed by atoms with Crippen molar-refractivity contribution >= 4 is 38.7 Å². The van der Waals surface area contributed by atoms with Gasteiger partial charge in [0.25, 0.3) is 0 Å². The number of pyridine rings is 1. The number of fused-ring (bicyclic) bond motifs is 2. The SMILES string of the molecule is Cc1cc(C)c(O)c(-c2nc(-c3[c-]c(N(c4cccc5ccccc45)c4nccc5ccccc45)ccc3)nc(-c3ccccc3)n2)c1.[Pt]. The molecule has 2 heterocycles. The minimum atomic E-state index is 0. The van der Waals surface area contributed by atoms with Gasteiger partial charge in [-0.15, -0.1) is 29.8 Å². The minimum Gasteiger partial charge on any atom is -0.507 e. The van der Waals surface area contributed by atoms with Crippen LogP contribution in [0.25, 0.3) is 55.7 Å². The summed E-state index contributed by atoms with van der Waals surface area (Å²) < 4.78 is 0. The Kier molecular flexibility index (Phi) is 8.73. The smallest absolute Gasteiger partial charge is 0.158 e. The van der Waals surface area contributed by atoms with Crippen molar-refractivity contribution in [2.24, 2.45) is 0 Å². The average Bonchev–Trinajstić information content (AvgIpc) is 3.14. The van der Waals surface area contributed by atoms with E-state index in [1.165, 1.54) is 0 Å². The average molecular weight is 816 g/mol. The second kappa shape index (κ2) is 13.4. The number of phenols is 1. The van der Waals surface area contributed by atoms with Crippen LogP contribution in [-0.2, 0) is 21.1 Å². The predicted octanol–water partition coefficient (Wildman–Crippen LogP) is 10.2. The number of hydrogen-bond donors (Lipinski definition) is 1. The molecule has 0 aliphatic rings. The maximum Gasteiger partial charge on any atom is 0.158 e. The van der Waals surface area contributed by atoms with Crippen LogP contribution in [0.5, 0.6) is 5.75 Å². The summed E-state index contributed by atoms with van der Waals surface area (Å²) in [6.07, 6.45) is 1.85.